The van der Waals surface area contributed by atoms with E-state index in [9.17, 15) is 0 Å². The largest absolute Gasteiger partial charge is 0.326 e. The van der Waals surface area contributed by atoms with E-state index < -0.39 is 0 Å². The van der Waals surface area contributed by atoms with Gasteiger partial charge in [-0.1, -0.05) is 12.1 Å². The van der Waals surface area contributed by atoms with Gasteiger partial charge in [-0.15, -0.1) is 12.4 Å². The first-order valence-electron chi connectivity index (χ1n) is 7.78. The maximum Gasteiger partial charge on any atom is 0.137 e. The first-order chi connectivity index (χ1) is 11.7. The van der Waals surface area contributed by atoms with E-state index in [1.54, 1.807) is 11.0 Å². The first kappa shape index (κ1) is 17.1. The summed E-state index contributed by atoms with van der Waals surface area (Å²) in [5.41, 5.74) is 13.2. The average Bonchev–Trinajstić information content (AvgIpc) is 3.20. The van der Waals surface area contributed by atoms with Crippen LogP contribution < -0.4 is 5.73 Å². The van der Waals surface area contributed by atoms with Crippen LogP contribution in [0.15, 0.2) is 49.2 Å². The van der Waals surface area contributed by atoms with Crippen LogP contribution in [0.1, 0.15) is 11.1 Å². The van der Waals surface area contributed by atoms with E-state index in [0.717, 1.165) is 33.5 Å². The van der Waals surface area contributed by atoms with Crippen molar-refractivity contribution in [2.45, 2.75) is 13.5 Å². The van der Waals surface area contributed by atoms with E-state index in [4.69, 9.17) is 5.73 Å². The van der Waals surface area contributed by atoms with Gasteiger partial charge < -0.3 is 5.73 Å². The van der Waals surface area contributed by atoms with Crippen molar-refractivity contribution in [3.63, 3.8) is 0 Å². The van der Waals surface area contributed by atoms with Crippen LogP contribution in [0, 0.1) is 6.92 Å². The molecule has 0 saturated carbocycles. The maximum absolute atomic E-state index is 5.76. The Labute approximate surface area is 151 Å². The number of rotatable bonds is 3. The Morgan fingerprint density at radius 2 is 1.88 bits per heavy atom. The fraction of sp³-hybridized carbons (Fsp3) is 0.167. The van der Waals surface area contributed by atoms with Gasteiger partial charge in [-0.25, -0.2) is 9.50 Å². The van der Waals surface area contributed by atoms with E-state index >= 15 is 0 Å². The number of nitrogens with two attached hydrogens (primary N) is 1. The molecule has 7 heteroatoms. The smallest absolute Gasteiger partial charge is 0.137 e. The molecule has 0 unspecified atom stereocenters. The van der Waals surface area contributed by atoms with Gasteiger partial charge in [-0.2, -0.15) is 10.2 Å². The first-order valence-corrected chi connectivity index (χ1v) is 7.78. The maximum atomic E-state index is 5.76. The minimum absolute atomic E-state index is 0. The molecule has 0 aliphatic carbocycles. The third-order valence-corrected chi connectivity index (χ3v) is 4.28. The molecular formula is C18H19ClN6. The molecule has 0 atom stereocenters. The third kappa shape index (κ3) is 3.01. The van der Waals surface area contributed by atoms with Crippen molar-refractivity contribution in [1.82, 2.24) is 24.4 Å². The fourth-order valence-electron chi connectivity index (χ4n) is 2.95. The highest BCUT2D eigenvalue weighted by molar-refractivity contribution is 5.85. The van der Waals surface area contributed by atoms with Crippen LogP contribution in [0.3, 0.4) is 0 Å². The predicted octanol–water partition coefficient (Wildman–Crippen LogP) is 2.99. The number of aryl methyl sites for hydroxylation is 2. The molecule has 0 bridgehead atoms. The molecule has 3 aromatic heterocycles. The zero-order valence-corrected chi connectivity index (χ0v) is 14.9. The lowest BCUT2D eigenvalue weighted by molar-refractivity contribution is 0.768. The van der Waals surface area contributed by atoms with Gasteiger partial charge >= 0.3 is 0 Å². The van der Waals surface area contributed by atoms with Crippen molar-refractivity contribution >= 4 is 17.9 Å². The number of benzene rings is 1. The van der Waals surface area contributed by atoms with Crippen molar-refractivity contribution in [2.75, 3.05) is 0 Å². The normalized spacial score (nSPS) is 10.8. The second-order valence-corrected chi connectivity index (χ2v) is 5.92. The SMILES string of the molecule is Cc1cc(-c2ncnn3cc(-c4cnn(C)c4)cc23)ccc1CN.Cl. The van der Waals surface area contributed by atoms with Crippen molar-refractivity contribution in [2.24, 2.45) is 12.8 Å². The van der Waals surface area contributed by atoms with E-state index in [2.05, 4.69) is 46.4 Å². The summed E-state index contributed by atoms with van der Waals surface area (Å²) in [5, 5.41) is 8.57. The van der Waals surface area contributed by atoms with Crippen molar-refractivity contribution in [3.8, 4) is 22.4 Å². The zero-order valence-electron chi connectivity index (χ0n) is 14.0. The molecule has 1 aromatic carbocycles. The van der Waals surface area contributed by atoms with Crippen LogP contribution in [0.5, 0.6) is 0 Å². The van der Waals surface area contributed by atoms with E-state index in [1.807, 2.05) is 30.2 Å². The molecule has 0 aliphatic heterocycles. The van der Waals surface area contributed by atoms with Crippen molar-refractivity contribution in [1.29, 1.82) is 0 Å². The highest BCUT2D eigenvalue weighted by Crippen LogP contribution is 2.28. The number of aromatic nitrogens is 5. The number of halogens is 1. The van der Waals surface area contributed by atoms with Crippen molar-refractivity contribution < 1.29 is 0 Å². The summed E-state index contributed by atoms with van der Waals surface area (Å²) in [6.07, 6.45) is 7.42. The summed E-state index contributed by atoms with van der Waals surface area (Å²) in [6.45, 7) is 2.62. The Bertz CT molecular complexity index is 1030. The van der Waals surface area contributed by atoms with Crippen molar-refractivity contribution in [3.05, 3.63) is 60.3 Å². The molecule has 4 rings (SSSR count). The predicted molar refractivity (Wildman–Crippen MR) is 101 cm³/mol. The topological polar surface area (TPSA) is 74.0 Å². The summed E-state index contributed by atoms with van der Waals surface area (Å²) in [6, 6.07) is 8.35. The van der Waals surface area contributed by atoms with Gasteiger partial charge in [0.25, 0.3) is 0 Å². The fourth-order valence-corrected chi connectivity index (χ4v) is 2.95. The van der Waals surface area contributed by atoms with Gasteiger partial charge in [0.1, 0.15) is 6.33 Å². The molecule has 128 valence electrons. The van der Waals surface area contributed by atoms with Gasteiger partial charge in [-0.3, -0.25) is 4.68 Å². The van der Waals surface area contributed by atoms with Crippen LogP contribution in [-0.4, -0.2) is 24.4 Å². The molecule has 0 spiro atoms. The number of hydrogen-bond donors (Lipinski definition) is 1. The number of nitrogens with zero attached hydrogens (tertiary/aromatic N) is 5. The van der Waals surface area contributed by atoms with Gasteiger partial charge in [0, 0.05) is 42.7 Å². The number of hydrogen-bond acceptors (Lipinski definition) is 4. The lowest BCUT2D eigenvalue weighted by atomic mass is 10.0. The highest BCUT2D eigenvalue weighted by atomic mass is 35.5. The van der Waals surface area contributed by atoms with E-state index in [1.165, 1.54) is 5.56 Å². The summed E-state index contributed by atoms with van der Waals surface area (Å²) in [7, 11) is 1.91. The van der Waals surface area contributed by atoms with Crippen LogP contribution in [0.2, 0.25) is 0 Å². The molecule has 0 radical (unpaired) electrons. The molecule has 4 aromatic rings. The van der Waals surface area contributed by atoms with Gasteiger partial charge in [0.05, 0.1) is 17.4 Å². The number of fused-ring (bicyclic) bond motifs is 1. The Morgan fingerprint density at radius 1 is 1.04 bits per heavy atom. The van der Waals surface area contributed by atoms with Gasteiger partial charge in [0.2, 0.25) is 0 Å². The summed E-state index contributed by atoms with van der Waals surface area (Å²) >= 11 is 0. The quantitative estimate of drug-likeness (QED) is 0.613. The van der Waals surface area contributed by atoms with Gasteiger partial charge in [0.15, 0.2) is 0 Å². The molecule has 3 heterocycles. The second kappa shape index (κ2) is 6.66. The monoisotopic (exact) mass is 354 g/mol. The molecule has 0 saturated heterocycles. The molecule has 6 nitrogen and oxygen atoms in total. The molecule has 0 aliphatic rings. The summed E-state index contributed by atoms with van der Waals surface area (Å²) in [4.78, 5) is 4.50. The standard InChI is InChI=1S/C18H18N6.ClH/c1-12-5-13(3-4-14(12)7-19)18-17-6-15(10-24(17)22-11-20-18)16-8-21-23(2)9-16;/h3-6,8-11H,7,19H2,1-2H3;1H. The summed E-state index contributed by atoms with van der Waals surface area (Å²) < 4.78 is 3.65. The molecule has 0 amide bonds. The van der Waals surface area contributed by atoms with Gasteiger partial charge in [-0.05, 0) is 30.2 Å². The molecule has 2 N–H and O–H groups in total. The van der Waals surface area contributed by atoms with E-state index in [-0.39, 0.29) is 12.4 Å². The average molecular weight is 355 g/mol. The van der Waals surface area contributed by atoms with E-state index in [0.29, 0.717) is 6.54 Å². The highest BCUT2D eigenvalue weighted by Gasteiger charge is 2.11. The Morgan fingerprint density at radius 3 is 2.56 bits per heavy atom. The minimum atomic E-state index is 0. The van der Waals surface area contributed by atoms with Crippen LogP contribution >= 0.6 is 12.4 Å². The zero-order chi connectivity index (χ0) is 16.7. The minimum Gasteiger partial charge on any atom is -0.326 e. The lowest BCUT2D eigenvalue weighted by Gasteiger charge is -2.07. The second-order valence-electron chi connectivity index (χ2n) is 5.92. The third-order valence-electron chi connectivity index (χ3n) is 4.28. The van der Waals surface area contributed by atoms with Crippen LogP contribution in [0.4, 0.5) is 0 Å². The summed E-state index contributed by atoms with van der Waals surface area (Å²) in [5.74, 6) is 0. The molecule has 25 heavy (non-hydrogen) atoms. The Kier molecular flexibility index (Phi) is 4.57. The van der Waals surface area contributed by atoms with Crippen LogP contribution in [0.25, 0.3) is 27.9 Å². The molecular weight excluding hydrogens is 336 g/mol. The van der Waals surface area contributed by atoms with Crippen LogP contribution in [-0.2, 0) is 13.6 Å². The molecule has 0 fully saturated rings. The lowest BCUT2D eigenvalue weighted by Crippen LogP contribution is -2.00. The Hall–Kier alpha value is -2.70. The Balaban J connectivity index is 0.00000182.